The first-order chi connectivity index (χ1) is 33.0. The van der Waals surface area contributed by atoms with Gasteiger partial charge in [0.25, 0.3) is 0 Å². The molecule has 0 fully saturated rings. The Hall–Kier alpha value is -3.74. The minimum Gasteiger partial charge on any atom is -0.458 e. The molecular weight excluding hydrogens is 827 g/mol. The number of unbranched alkanes of at least 4 members (excludes halogenated alkanes) is 20. The van der Waals surface area contributed by atoms with Gasteiger partial charge in [-0.25, -0.2) is 0 Å². The molecule has 380 valence electrons. The molecule has 0 aliphatic carbocycles. The molecule has 0 bridgehead atoms. The molecule has 67 heavy (non-hydrogen) atoms. The van der Waals surface area contributed by atoms with Crippen LogP contribution in [0.3, 0.4) is 0 Å². The Balaban J connectivity index is 4.83. The molecule has 0 aliphatic heterocycles. The predicted molar refractivity (Wildman–Crippen MR) is 291 cm³/mol. The third-order valence-corrected chi connectivity index (χ3v) is 11.6. The molecular formula is C61H101NO5. The first kappa shape index (κ1) is 63.3. The lowest BCUT2D eigenvalue weighted by Crippen LogP contribution is -2.46. The molecule has 6 heteroatoms. The summed E-state index contributed by atoms with van der Waals surface area (Å²) in [5.41, 5.74) is 0. The lowest BCUT2D eigenvalue weighted by molar-refractivity contribution is -0.148. The number of aliphatic hydroxyl groups is 2. The molecule has 3 N–H and O–H groups in total. The standard InChI is InChI=1S/C61H101NO5/c1-4-7-10-13-16-19-22-25-27-29-31-33-36-39-42-45-48-51-54-61(66)67-57(52-49-46-43-40-37-35-32-30-28-26-23-20-17-14-11-8-5-2)55-60(65)62-58(56-63)59(64)53-50-47-44-41-38-34-24-21-18-15-12-9-6-3/h8,11,16-17,19-20,22,25-29,31-33,35,40,43,49,52,57-59,63-64H,4-7,9-10,12-15,18,21,23-24,30,34,36-39,41-42,44-48,50-51,53-56H2,1-3H3,(H,62,65)/b11-8-,19-16+,20-17-,25-22+,28-26-,29-27+,33-31+,35-32-,43-40-,52-49-. The normalized spacial score (nSPS) is 14.2. The van der Waals surface area contributed by atoms with Gasteiger partial charge >= 0.3 is 5.97 Å². The van der Waals surface area contributed by atoms with Crippen LogP contribution in [0.15, 0.2) is 122 Å². The molecule has 3 unspecified atom stereocenters. The lowest BCUT2D eigenvalue weighted by atomic mass is 10.0. The molecule has 0 aliphatic rings. The van der Waals surface area contributed by atoms with E-state index in [1.165, 1.54) is 83.5 Å². The highest BCUT2D eigenvalue weighted by molar-refractivity contribution is 5.78. The summed E-state index contributed by atoms with van der Waals surface area (Å²) in [6.07, 6.45) is 74.2. The molecule has 0 aromatic heterocycles. The van der Waals surface area contributed by atoms with Gasteiger partial charge < -0.3 is 20.3 Å². The van der Waals surface area contributed by atoms with Gasteiger partial charge in [-0.05, 0) is 83.1 Å². The van der Waals surface area contributed by atoms with Crippen molar-refractivity contribution in [3.05, 3.63) is 122 Å². The van der Waals surface area contributed by atoms with Crippen LogP contribution in [-0.2, 0) is 14.3 Å². The molecule has 0 heterocycles. The molecule has 0 rings (SSSR count). The summed E-state index contributed by atoms with van der Waals surface area (Å²) in [7, 11) is 0. The molecule has 3 atom stereocenters. The zero-order valence-electron chi connectivity index (χ0n) is 43.2. The lowest BCUT2D eigenvalue weighted by Gasteiger charge is -2.23. The summed E-state index contributed by atoms with van der Waals surface area (Å²) in [4.78, 5) is 26.2. The highest BCUT2D eigenvalue weighted by atomic mass is 16.5. The Kier molecular flexibility index (Phi) is 50.2. The number of carbonyl (C=O) groups excluding carboxylic acids is 2. The van der Waals surface area contributed by atoms with Gasteiger partial charge in [0.2, 0.25) is 5.91 Å². The van der Waals surface area contributed by atoms with E-state index in [2.05, 4.69) is 135 Å². The Morgan fingerprint density at radius 1 is 0.478 bits per heavy atom. The molecule has 0 aromatic carbocycles. The van der Waals surface area contributed by atoms with E-state index in [4.69, 9.17) is 4.74 Å². The van der Waals surface area contributed by atoms with Gasteiger partial charge in [0.15, 0.2) is 0 Å². The average Bonchev–Trinajstić information content (AvgIpc) is 3.32. The molecule has 0 spiro atoms. The van der Waals surface area contributed by atoms with Gasteiger partial charge in [-0.3, -0.25) is 9.59 Å². The van der Waals surface area contributed by atoms with Crippen molar-refractivity contribution < 1.29 is 24.5 Å². The fraction of sp³-hybridized carbons (Fsp3) is 0.639. The second kappa shape index (κ2) is 53.2. The highest BCUT2D eigenvalue weighted by Gasteiger charge is 2.23. The minimum absolute atomic E-state index is 0.0645. The molecule has 0 saturated heterocycles. The Morgan fingerprint density at radius 2 is 0.881 bits per heavy atom. The van der Waals surface area contributed by atoms with E-state index >= 15 is 0 Å². The first-order valence-corrected chi connectivity index (χ1v) is 27.3. The number of carbonyl (C=O) groups is 2. The number of esters is 1. The first-order valence-electron chi connectivity index (χ1n) is 27.3. The predicted octanol–water partition coefficient (Wildman–Crippen LogP) is 16.8. The number of rotatable bonds is 47. The molecule has 0 aromatic rings. The summed E-state index contributed by atoms with van der Waals surface area (Å²) in [6, 6.07) is -0.757. The number of allylic oxidation sites excluding steroid dienone is 19. The van der Waals surface area contributed by atoms with E-state index in [0.717, 1.165) is 96.3 Å². The van der Waals surface area contributed by atoms with Gasteiger partial charge in [0, 0.05) is 6.42 Å². The second-order valence-electron chi connectivity index (χ2n) is 18.0. The van der Waals surface area contributed by atoms with Crippen LogP contribution in [0.2, 0.25) is 0 Å². The van der Waals surface area contributed by atoms with Crippen molar-refractivity contribution in [2.24, 2.45) is 0 Å². The summed E-state index contributed by atoms with van der Waals surface area (Å²) in [5.74, 6) is -0.665. The van der Waals surface area contributed by atoms with E-state index in [1.807, 2.05) is 6.08 Å². The quantitative estimate of drug-likeness (QED) is 0.0245. The van der Waals surface area contributed by atoms with Crippen molar-refractivity contribution in [2.75, 3.05) is 6.61 Å². The van der Waals surface area contributed by atoms with Crippen molar-refractivity contribution in [3.8, 4) is 0 Å². The van der Waals surface area contributed by atoms with Gasteiger partial charge in [-0.1, -0.05) is 252 Å². The summed E-state index contributed by atoms with van der Waals surface area (Å²) in [6.45, 7) is 6.29. The van der Waals surface area contributed by atoms with Crippen LogP contribution in [0.1, 0.15) is 226 Å². The summed E-state index contributed by atoms with van der Waals surface area (Å²) in [5, 5.41) is 23.7. The number of amides is 1. The van der Waals surface area contributed by atoms with Crippen molar-refractivity contribution >= 4 is 11.9 Å². The highest BCUT2D eigenvalue weighted by Crippen LogP contribution is 2.15. The third kappa shape index (κ3) is 48.5. The maximum absolute atomic E-state index is 13.2. The molecule has 1 amide bonds. The molecule has 6 nitrogen and oxygen atoms in total. The smallest absolute Gasteiger partial charge is 0.306 e. The van der Waals surface area contributed by atoms with Crippen molar-refractivity contribution in [1.82, 2.24) is 5.32 Å². The zero-order chi connectivity index (χ0) is 48.8. The second-order valence-corrected chi connectivity index (χ2v) is 18.0. The van der Waals surface area contributed by atoms with Gasteiger partial charge in [-0.15, -0.1) is 0 Å². The Bertz CT molecular complexity index is 1410. The number of aliphatic hydroxyl groups excluding tert-OH is 2. The maximum atomic E-state index is 13.2. The fourth-order valence-electron chi connectivity index (χ4n) is 7.50. The summed E-state index contributed by atoms with van der Waals surface area (Å²) >= 11 is 0. The van der Waals surface area contributed by atoms with E-state index in [-0.39, 0.29) is 24.9 Å². The number of hydrogen-bond donors (Lipinski definition) is 3. The SMILES string of the molecule is CC/C=C\C/C=C\C/C=C\C/C=C\C/C=C\C/C=C\C(CC(=O)NC(CO)C(O)CCCCCCCCCCCCCCC)OC(=O)CCCCCCC/C=C/C=C/C=C/C=C/CCCCC. The molecule has 0 radical (unpaired) electrons. The minimum atomic E-state index is -0.832. The maximum Gasteiger partial charge on any atom is 0.306 e. The van der Waals surface area contributed by atoms with Crippen molar-refractivity contribution in [2.45, 2.75) is 244 Å². The van der Waals surface area contributed by atoms with Crippen LogP contribution in [0.4, 0.5) is 0 Å². The number of hydrogen-bond acceptors (Lipinski definition) is 5. The van der Waals surface area contributed by atoms with Gasteiger partial charge in [-0.2, -0.15) is 0 Å². The number of nitrogens with one attached hydrogen (secondary N) is 1. The zero-order valence-corrected chi connectivity index (χ0v) is 43.2. The van der Waals surface area contributed by atoms with Crippen LogP contribution in [0.25, 0.3) is 0 Å². The topological polar surface area (TPSA) is 95.9 Å². The summed E-state index contributed by atoms with van der Waals surface area (Å²) < 4.78 is 5.83. The van der Waals surface area contributed by atoms with Crippen LogP contribution in [0.5, 0.6) is 0 Å². The van der Waals surface area contributed by atoms with E-state index in [1.54, 1.807) is 6.08 Å². The van der Waals surface area contributed by atoms with Gasteiger partial charge in [0.05, 0.1) is 25.2 Å². The third-order valence-electron chi connectivity index (χ3n) is 11.6. The number of ether oxygens (including phenoxy) is 1. The Morgan fingerprint density at radius 3 is 1.37 bits per heavy atom. The van der Waals surface area contributed by atoms with Crippen LogP contribution < -0.4 is 5.32 Å². The van der Waals surface area contributed by atoms with Crippen LogP contribution in [-0.4, -0.2) is 46.9 Å². The van der Waals surface area contributed by atoms with E-state index in [9.17, 15) is 19.8 Å². The van der Waals surface area contributed by atoms with Crippen molar-refractivity contribution in [1.29, 1.82) is 0 Å². The van der Waals surface area contributed by atoms with Crippen LogP contribution >= 0.6 is 0 Å². The monoisotopic (exact) mass is 928 g/mol. The van der Waals surface area contributed by atoms with Gasteiger partial charge in [0.1, 0.15) is 6.10 Å². The van der Waals surface area contributed by atoms with E-state index < -0.39 is 18.2 Å². The van der Waals surface area contributed by atoms with Crippen LogP contribution in [0, 0.1) is 0 Å². The fourth-order valence-corrected chi connectivity index (χ4v) is 7.50. The average molecular weight is 928 g/mol. The Labute approximate surface area is 412 Å². The molecule has 0 saturated carbocycles. The van der Waals surface area contributed by atoms with E-state index in [0.29, 0.717) is 19.3 Å². The largest absolute Gasteiger partial charge is 0.458 e. The van der Waals surface area contributed by atoms with Crippen molar-refractivity contribution in [3.63, 3.8) is 0 Å².